The SMILES string of the molecule is CCc1ccc(-n2c(C)cc(C=NNC(=O)c3ccccn3)c2C)cc1. The van der Waals surface area contributed by atoms with E-state index in [0.29, 0.717) is 5.69 Å². The summed E-state index contributed by atoms with van der Waals surface area (Å²) in [6, 6.07) is 15.8. The van der Waals surface area contributed by atoms with Crippen LogP contribution >= 0.6 is 0 Å². The van der Waals surface area contributed by atoms with Gasteiger partial charge in [0.1, 0.15) is 5.69 Å². The third-order valence-electron chi connectivity index (χ3n) is 4.34. The molecule has 0 aliphatic rings. The Morgan fingerprint density at radius 3 is 2.62 bits per heavy atom. The van der Waals surface area contributed by atoms with Gasteiger partial charge in [0.25, 0.3) is 5.91 Å². The lowest BCUT2D eigenvalue weighted by atomic mass is 10.1. The second-order valence-corrected chi connectivity index (χ2v) is 6.10. The van der Waals surface area contributed by atoms with E-state index in [2.05, 4.69) is 64.3 Å². The molecule has 0 fully saturated rings. The van der Waals surface area contributed by atoms with Crippen molar-refractivity contribution in [3.63, 3.8) is 0 Å². The molecule has 3 aromatic rings. The largest absolute Gasteiger partial charge is 0.318 e. The smallest absolute Gasteiger partial charge is 0.289 e. The number of aromatic nitrogens is 2. The molecule has 5 nitrogen and oxygen atoms in total. The average molecular weight is 346 g/mol. The molecule has 0 bridgehead atoms. The summed E-state index contributed by atoms with van der Waals surface area (Å²) in [5.74, 6) is -0.328. The number of hydrogen-bond donors (Lipinski definition) is 1. The van der Waals surface area contributed by atoms with Gasteiger partial charge < -0.3 is 4.57 Å². The molecule has 0 saturated heterocycles. The van der Waals surface area contributed by atoms with Crippen LogP contribution < -0.4 is 5.43 Å². The topological polar surface area (TPSA) is 59.3 Å². The highest BCUT2D eigenvalue weighted by atomic mass is 16.2. The van der Waals surface area contributed by atoms with Gasteiger partial charge in [0.15, 0.2) is 0 Å². The molecule has 0 atom stereocenters. The van der Waals surface area contributed by atoms with Crippen molar-refractivity contribution in [3.8, 4) is 5.69 Å². The number of rotatable bonds is 5. The zero-order valence-corrected chi connectivity index (χ0v) is 15.2. The lowest BCUT2D eigenvalue weighted by Crippen LogP contribution is -2.18. The van der Waals surface area contributed by atoms with Crippen molar-refractivity contribution in [1.29, 1.82) is 0 Å². The quantitative estimate of drug-likeness (QED) is 0.564. The maximum atomic E-state index is 12.0. The summed E-state index contributed by atoms with van der Waals surface area (Å²) >= 11 is 0. The van der Waals surface area contributed by atoms with Gasteiger partial charge in [-0.15, -0.1) is 0 Å². The van der Waals surface area contributed by atoms with Crippen molar-refractivity contribution in [2.24, 2.45) is 5.10 Å². The summed E-state index contributed by atoms with van der Waals surface area (Å²) in [5.41, 5.74) is 8.44. The molecule has 0 unspecified atom stereocenters. The van der Waals surface area contributed by atoms with Gasteiger partial charge in [-0.3, -0.25) is 9.78 Å². The summed E-state index contributed by atoms with van der Waals surface area (Å²) in [4.78, 5) is 16.0. The Hall–Kier alpha value is -3.21. The predicted molar refractivity (Wildman–Crippen MR) is 104 cm³/mol. The van der Waals surface area contributed by atoms with E-state index in [9.17, 15) is 4.79 Å². The average Bonchev–Trinajstić information content (AvgIpc) is 2.96. The number of hydrazone groups is 1. The molecule has 1 N–H and O–H groups in total. The van der Waals surface area contributed by atoms with E-state index in [0.717, 1.165) is 29.1 Å². The van der Waals surface area contributed by atoms with Gasteiger partial charge in [0, 0.05) is 28.8 Å². The van der Waals surface area contributed by atoms with Gasteiger partial charge in [-0.2, -0.15) is 5.10 Å². The van der Waals surface area contributed by atoms with Crippen molar-refractivity contribution in [1.82, 2.24) is 15.0 Å². The second-order valence-electron chi connectivity index (χ2n) is 6.10. The molecular weight excluding hydrogens is 324 g/mol. The molecule has 0 aliphatic heterocycles. The molecular formula is C21H22N4O. The molecule has 5 heteroatoms. The van der Waals surface area contributed by atoms with E-state index in [4.69, 9.17) is 0 Å². The number of benzene rings is 1. The highest BCUT2D eigenvalue weighted by Crippen LogP contribution is 2.20. The Morgan fingerprint density at radius 1 is 1.19 bits per heavy atom. The van der Waals surface area contributed by atoms with Crippen LogP contribution in [0.15, 0.2) is 59.8 Å². The van der Waals surface area contributed by atoms with Gasteiger partial charge in [-0.1, -0.05) is 25.1 Å². The number of amides is 1. The lowest BCUT2D eigenvalue weighted by molar-refractivity contribution is 0.0950. The van der Waals surface area contributed by atoms with Crippen molar-refractivity contribution in [2.45, 2.75) is 27.2 Å². The molecule has 2 aromatic heterocycles. The van der Waals surface area contributed by atoms with Crippen LogP contribution in [-0.4, -0.2) is 21.7 Å². The van der Waals surface area contributed by atoms with Crippen LogP contribution in [0, 0.1) is 13.8 Å². The fourth-order valence-electron chi connectivity index (χ4n) is 2.91. The fraction of sp³-hybridized carbons (Fsp3) is 0.190. The van der Waals surface area contributed by atoms with Gasteiger partial charge >= 0.3 is 0 Å². The zero-order valence-electron chi connectivity index (χ0n) is 15.2. The molecule has 0 saturated carbocycles. The molecule has 0 aliphatic carbocycles. The number of aryl methyl sites for hydroxylation is 2. The van der Waals surface area contributed by atoms with Crippen LogP contribution in [-0.2, 0) is 6.42 Å². The molecule has 0 radical (unpaired) electrons. The number of pyridine rings is 1. The van der Waals surface area contributed by atoms with E-state index in [1.165, 1.54) is 5.56 Å². The highest BCUT2D eigenvalue weighted by molar-refractivity contribution is 5.93. The maximum Gasteiger partial charge on any atom is 0.289 e. The molecule has 3 rings (SSSR count). The van der Waals surface area contributed by atoms with Crippen LogP contribution in [0.4, 0.5) is 0 Å². The van der Waals surface area contributed by atoms with Crippen LogP contribution in [0.2, 0.25) is 0 Å². The number of nitrogens with one attached hydrogen (secondary N) is 1. The summed E-state index contributed by atoms with van der Waals surface area (Å²) in [6.07, 6.45) is 4.27. The highest BCUT2D eigenvalue weighted by Gasteiger charge is 2.10. The van der Waals surface area contributed by atoms with Crippen LogP contribution in [0.5, 0.6) is 0 Å². The minimum atomic E-state index is -0.328. The third kappa shape index (κ3) is 3.72. The summed E-state index contributed by atoms with van der Waals surface area (Å²) in [7, 11) is 0. The minimum absolute atomic E-state index is 0.328. The Labute approximate surface area is 153 Å². The molecule has 26 heavy (non-hydrogen) atoms. The number of carbonyl (C=O) groups is 1. The Bertz CT molecular complexity index is 925. The summed E-state index contributed by atoms with van der Waals surface area (Å²) in [5, 5.41) is 4.08. The van der Waals surface area contributed by atoms with Crippen molar-refractivity contribution >= 4 is 12.1 Å². The molecule has 1 amide bonds. The van der Waals surface area contributed by atoms with Gasteiger partial charge in [-0.05, 0) is 56.2 Å². The molecule has 2 heterocycles. The van der Waals surface area contributed by atoms with Crippen molar-refractivity contribution < 1.29 is 4.79 Å². The van der Waals surface area contributed by atoms with Crippen molar-refractivity contribution in [2.75, 3.05) is 0 Å². The van der Waals surface area contributed by atoms with Gasteiger partial charge in [0.05, 0.1) is 6.21 Å². The van der Waals surface area contributed by atoms with Crippen LogP contribution in [0.3, 0.4) is 0 Å². The first kappa shape index (κ1) is 17.6. The minimum Gasteiger partial charge on any atom is -0.318 e. The predicted octanol–water partition coefficient (Wildman–Crippen LogP) is 3.82. The fourth-order valence-corrected chi connectivity index (χ4v) is 2.91. The second kappa shape index (κ2) is 7.78. The lowest BCUT2D eigenvalue weighted by Gasteiger charge is -2.10. The first-order valence-electron chi connectivity index (χ1n) is 8.63. The summed E-state index contributed by atoms with van der Waals surface area (Å²) in [6.45, 7) is 6.25. The molecule has 132 valence electrons. The van der Waals surface area contributed by atoms with E-state index in [1.807, 2.05) is 6.92 Å². The number of hydrogen-bond acceptors (Lipinski definition) is 3. The standard InChI is InChI=1S/C21H22N4O/c1-4-17-8-10-19(11-9-17)25-15(2)13-18(16(25)3)14-23-24-21(26)20-7-5-6-12-22-20/h5-14H,4H2,1-3H3,(H,24,26). The van der Waals surface area contributed by atoms with E-state index in [-0.39, 0.29) is 5.91 Å². The Kier molecular flexibility index (Phi) is 5.27. The summed E-state index contributed by atoms with van der Waals surface area (Å²) < 4.78 is 2.18. The first-order valence-corrected chi connectivity index (χ1v) is 8.63. The number of nitrogens with zero attached hydrogens (tertiary/aromatic N) is 3. The van der Waals surface area contributed by atoms with Crippen molar-refractivity contribution in [3.05, 3.63) is 82.9 Å². The van der Waals surface area contributed by atoms with E-state index >= 15 is 0 Å². The molecule has 1 aromatic carbocycles. The Morgan fingerprint density at radius 2 is 1.96 bits per heavy atom. The van der Waals surface area contributed by atoms with E-state index in [1.54, 1.807) is 30.6 Å². The number of carbonyl (C=O) groups excluding carboxylic acids is 1. The van der Waals surface area contributed by atoms with E-state index < -0.39 is 0 Å². The van der Waals surface area contributed by atoms with Crippen LogP contribution in [0.25, 0.3) is 5.69 Å². The molecule has 0 spiro atoms. The van der Waals surface area contributed by atoms with Crippen LogP contribution in [0.1, 0.15) is 39.9 Å². The maximum absolute atomic E-state index is 12.0. The first-order chi connectivity index (χ1) is 12.6. The van der Waals surface area contributed by atoms with Gasteiger partial charge in [0.2, 0.25) is 0 Å². The third-order valence-corrected chi connectivity index (χ3v) is 4.34. The monoisotopic (exact) mass is 346 g/mol. The Balaban J connectivity index is 1.78. The zero-order chi connectivity index (χ0) is 18.5. The van der Waals surface area contributed by atoms with Gasteiger partial charge in [-0.25, -0.2) is 5.43 Å². The normalized spacial score (nSPS) is 11.0.